The minimum atomic E-state index is -0.591. The number of carbonyl (C=O) groups excluding carboxylic acids is 2. The summed E-state index contributed by atoms with van der Waals surface area (Å²) in [5, 5.41) is 0. The summed E-state index contributed by atoms with van der Waals surface area (Å²) >= 11 is 0. The number of ether oxygens (including phenoxy) is 1. The second-order valence-corrected chi connectivity index (χ2v) is 5.84. The van der Waals surface area contributed by atoms with Crippen molar-refractivity contribution in [3.8, 4) is 5.69 Å². The first-order valence-electron chi connectivity index (χ1n) is 8.22. The van der Waals surface area contributed by atoms with Crippen molar-refractivity contribution in [1.29, 1.82) is 0 Å². The number of benzene rings is 1. The van der Waals surface area contributed by atoms with Crippen molar-refractivity contribution in [1.82, 2.24) is 4.57 Å². The number of aryl methyl sites for hydroxylation is 1. The summed E-state index contributed by atoms with van der Waals surface area (Å²) in [7, 11) is 0. The minimum Gasteiger partial charge on any atom is -0.465 e. The van der Waals surface area contributed by atoms with Crippen LogP contribution in [-0.2, 0) is 9.53 Å². The van der Waals surface area contributed by atoms with E-state index >= 15 is 0 Å². The molecule has 26 heavy (non-hydrogen) atoms. The fourth-order valence-corrected chi connectivity index (χ4v) is 2.82. The molecule has 0 aliphatic carbocycles. The zero-order chi connectivity index (χ0) is 18.5. The first-order chi connectivity index (χ1) is 12.6. The maximum Gasteiger partial charge on any atom is 0.331 e. The zero-order valence-electron chi connectivity index (χ0n) is 14.6. The molecule has 132 valence electrons. The van der Waals surface area contributed by atoms with Gasteiger partial charge in [0.1, 0.15) is 5.76 Å². The number of aromatic nitrogens is 1. The highest BCUT2D eigenvalue weighted by Crippen LogP contribution is 2.21. The van der Waals surface area contributed by atoms with Crippen molar-refractivity contribution in [2.75, 3.05) is 6.61 Å². The van der Waals surface area contributed by atoms with Gasteiger partial charge in [-0.15, -0.1) is 0 Å². The second-order valence-electron chi connectivity index (χ2n) is 5.84. The Hall–Kier alpha value is -3.34. The van der Waals surface area contributed by atoms with Crippen LogP contribution in [0, 0.1) is 13.8 Å². The molecule has 2 heterocycles. The number of rotatable bonds is 6. The molecule has 0 atom stereocenters. The van der Waals surface area contributed by atoms with Crippen LogP contribution >= 0.6 is 0 Å². The van der Waals surface area contributed by atoms with E-state index in [0.717, 1.165) is 17.1 Å². The fraction of sp³-hybridized carbons (Fsp3) is 0.143. The largest absolute Gasteiger partial charge is 0.465 e. The number of hydrogen-bond acceptors (Lipinski definition) is 4. The van der Waals surface area contributed by atoms with E-state index in [2.05, 4.69) is 0 Å². The van der Waals surface area contributed by atoms with E-state index in [1.165, 1.54) is 18.4 Å². The molecule has 5 heteroatoms. The summed E-state index contributed by atoms with van der Waals surface area (Å²) < 4.78 is 12.1. The molecule has 0 amide bonds. The van der Waals surface area contributed by atoms with Gasteiger partial charge in [0.25, 0.3) is 0 Å². The van der Waals surface area contributed by atoms with E-state index in [1.807, 2.05) is 54.8 Å². The van der Waals surface area contributed by atoms with E-state index < -0.39 is 5.97 Å². The number of carbonyl (C=O) groups is 2. The van der Waals surface area contributed by atoms with Gasteiger partial charge in [-0.3, -0.25) is 4.79 Å². The number of para-hydroxylation sites is 1. The highest BCUT2D eigenvalue weighted by atomic mass is 16.5. The Morgan fingerprint density at radius 2 is 1.88 bits per heavy atom. The molecular weight excluding hydrogens is 330 g/mol. The van der Waals surface area contributed by atoms with Crippen molar-refractivity contribution in [3.63, 3.8) is 0 Å². The van der Waals surface area contributed by atoms with Gasteiger partial charge in [-0.25, -0.2) is 4.79 Å². The third-order valence-corrected chi connectivity index (χ3v) is 4.02. The lowest BCUT2D eigenvalue weighted by atomic mass is 10.1. The number of ketones is 1. The summed E-state index contributed by atoms with van der Waals surface area (Å²) in [5.41, 5.74) is 3.30. The van der Waals surface area contributed by atoms with Gasteiger partial charge < -0.3 is 13.7 Å². The van der Waals surface area contributed by atoms with Gasteiger partial charge in [-0.1, -0.05) is 18.2 Å². The van der Waals surface area contributed by atoms with Crippen molar-refractivity contribution >= 4 is 17.8 Å². The monoisotopic (exact) mass is 349 g/mol. The molecule has 2 aromatic heterocycles. The number of Topliss-reactive ketones (excluding diaryl/α,β-unsaturated/α-hetero) is 1. The van der Waals surface area contributed by atoms with Crippen molar-refractivity contribution in [2.45, 2.75) is 13.8 Å². The molecule has 3 rings (SSSR count). The third-order valence-electron chi connectivity index (χ3n) is 4.02. The van der Waals surface area contributed by atoms with Gasteiger partial charge in [0.15, 0.2) is 6.61 Å². The van der Waals surface area contributed by atoms with Crippen LogP contribution in [0.4, 0.5) is 0 Å². The molecule has 1 aromatic carbocycles. The Kier molecular flexibility index (Phi) is 5.17. The number of furan rings is 1. The molecule has 0 spiro atoms. The normalized spacial score (nSPS) is 11.0. The maximum absolute atomic E-state index is 12.5. The summed E-state index contributed by atoms with van der Waals surface area (Å²) in [6, 6.07) is 15.0. The van der Waals surface area contributed by atoms with Crippen LogP contribution in [0.1, 0.15) is 27.5 Å². The zero-order valence-corrected chi connectivity index (χ0v) is 14.6. The van der Waals surface area contributed by atoms with Gasteiger partial charge in [-0.2, -0.15) is 0 Å². The molecule has 0 N–H and O–H groups in total. The number of hydrogen-bond donors (Lipinski definition) is 0. The highest BCUT2D eigenvalue weighted by Gasteiger charge is 2.17. The lowest BCUT2D eigenvalue weighted by Gasteiger charge is -2.09. The smallest absolute Gasteiger partial charge is 0.331 e. The van der Waals surface area contributed by atoms with Crippen LogP contribution < -0.4 is 0 Å². The van der Waals surface area contributed by atoms with E-state index in [1.54, 1.807) is 12.1 Å². The van der Waals surface area contributed by atoms with Gasteiger partial charge >= 0.3 is 5.97 Å². The second kappa shape index (κ2) is 7.70. The predicted molar refractivity (Wildman–Crippen MR) is 98.3 cm³/mol. The molecule has 0 unspecified atom stereocenters. The first-order valence-corrected chi connectivity index (χ1v) is 8.22. The van der Waals surface area contributed by atoms with Crippen LogP contribution in [0.2, 0.25) is 0 Å². The van der Waals surface area contributed by atoms with E-state index in [0.29, 0.717) is 11.3 Å². The Labute approximate surface area is 151 Å². The van der Waals surface area contributed by atoms with E-state index in [-0.39, 0.29) is 12.4 Å². The van der Waals surface area contributed by atoms with Crippen LogP contribution in [0.15, 0.2) is 65.3 Å². The summed E-state index contributed by atoms with van der Waals surface area (Å²) in [5.74, 6) is -0.286. The van der Waals surface area contributed by atoms with Crippen LogP contribution in [0.5, 0.6) is 0 Å². The molecule has 0 aliphatic heterocycles. The average Bonchev–Trinajstić information content (AvgIpc) is 3.26. The minimum absolute atomic E-state index is 0.236. The molecular formula is C21H19NO4. The first kappa shape index (κ1) is 17.5. The molecule has 0 saturated carbocycles. The van der Waals surface area contributed by atoms with Gasteiger partial charge in [-0.05, 0) is 50.3 Å². The summed E-state index contributed by atoms with van der Waals surface area (Å²) in [6.45, 7) is 3.52. The summed E-state index contributed by atoms with van der Waals surface area (Å²) in [4.78, 5) is 24.2. The molecule has 0 radical (unpaired) electrons. The Balaban J connectivity index is 1.68. The SMILES string of the molecule is Cc1cc(C(=O)COC(=O)/C=C/c2ccco2)c(C)n1-c1ccccc1. The average molecular weight is 349 g/mol. The standard InChI is InChI=1S/C21H19NO4/c1-15-13-19(16(2)22(15)17-7-4-3-5-8-17)20(23)14-26-21(24)11-10-18-9-6-12-25-18/h3-13H,14H2,1-2H3/b11-10+. The Morgan fingerprint density at radius 1 is 1.12 bits per heavy atom. The van der Waals surface area contributed by atoms with Crippen molar-refractivity contribution in [3.05, 3.63) is 83.6 Å². The lowest BCUT2D eigenvalue weighted by Crippen LogP contribution is -2.13. The lowest BCUT2D eigenvalue weighted by molar-refractivity contribution is -0.136. The summed E-state index contributed by atoms with van der Waals surface area (Å²) in [6.07, 6.45) is 4.24. The molecule has 0 saturated heterocycles. The van der Waals surface area contributed by atoms with Crippen molar-refractivity contribution in [2.24, 2.45) is 0 Å². The maximum atomic E-state index is 12.5. The molecule has 0 fully saturated rings. The molecule has 5 nitrogen and oxygen atoms in total. The van der Waals surface area contributed by atoms with Crippen LogP contribution in [0.3, 0.4) is 0 Å². The number of esters is 1. The highest BCUT2D eigenvalue weighted by molar-refractivity contribution is 6.00. The van der Waals surface area contributed by atoms with Crippen LogP contribution in [-0.4, -0.2) is 22.9 Å². The predicted octanol–water partition coefficient (Wildman–Crippen LogP) is 4.13. The topological polar surface area (TPSA) is 61.4 Å². The fourth-order valence-electron chi connectivity index (χ4n) is 2.82. The molecule has 0 bridgehead atoms. The van der Waals surface area contributed by atoms with Gasteiger partial charge in [0.05, 0.1) is 6.26 Å². The Bertz CT molecular complexity index is 934. The Morgan fingerprint density at radius 3 is 2.58 bits per heavy atom. The third kappa shape index (κ3) is 3.83. The van der Waals surface area contributed by atoms with E-state index in [4.69, 9.17) is 9.15 Å². The molecule has 0 aliphatic rings. The quantitative estimate of drug-likeness (QED) is 0.381. The number of nitrogens with zero attached hydrogens (tertiary/aromatic N) is 1. The van der Waals surface area contributed by atoms with Crippen molar-refractivity contribution < 1.29 is 18.7 Å². The molecule has 3 aromatic rings. The van der Waals surface area contributed by atoms with E-state index in [9.17, 15) is 9.59 Å². The van der Waals surface area contributed by atoms with Gasteiger partial charge in [0, 0.05) is 28.7 Å². The van der Waals surface area contributed by atoms with Crippen LogP contribution in [0.25, 0.3) is 11.8 Å². The van der Waals surface area contributed by atoms with Gasteiger partial charge in [0.2, 0.25) is 5.78 Å².